The Kier molecular flexibility index (Phi) is 2.06. The summed E-state index contributed by atoms with van der Waals surface area (Å²) in [6.07, 6.45) is 0. The highest BCUT2D eigenvalue weighted by molar-refractivity contribution is 9.10. The number of alkyl halides is 1. The molecule has 2 aliphatic rings. The fourth-order valence-corrected chi connectivity index (χ4v) is 4.17. The van der Waals surface area contributed by atoms with E-state index in [-0.39, 0.29) is 4.66 Å². The van der Waals surface area contributed by atoms with Gasteiger partial charge in [-0.05, 0) is 17.3 Å². The normalized spacial score (nSPS) is 37.5. The molecule has 0 bridgehead atoms. The molecule has 13 heavy (non-hydrogen) atoms. The van der Waals surface area contributed by atoms with Crippen LogP contribution in [-0.4, -0.2) is 30.5 Å². The summed E-state index contributed by atoms with van der Waals surface area (Å²) in [5, 5.41) is 0. The quantitative estimate of drug-likeness (QED) is 0.707. The van der Waals surface area contributed by atoms with Gasteiger partial charge in [0, 0.05) is 13.1 Å². The highest BCUT2D eigenvalue weighted by Gasteiger charge is 2.63. The lowest BCUT2D eigenvalue weighted by Crippen LogP contribution is -2.33. The first-order valence-electron chi connectivity index (χ1n) is 4.43. The summed E-state index contributed by atoms with van der Waals surface area (Å²) in [7, 11) is -3.00. The molecule has 2 unspecified atom stereocenters. The number of halogens is 1. The van der Waals surface area contributed by atoms with Gasteiger partial charge in [0.2, 0.25) is 10.0 Å². The largest absolute Gasteiger partial charge is 0.224 e. The van der Waals surface area contributed by atoms with Crippen molar-refractivity contribution in [1.82, 2.24) is 4.31 Å². The first-order chi connectivity index (χ1) is 5.89. The number of rotatable bonds is 2. The van der Waals surface area contributed by atoms with Crippen LogP contribution in [0, 0.1) is 17.3 Å². The van der Waals surface area contributed by atoms with Crippen molar-refractivity contribution < 1.29 is 8.42 Å². The molecule has 3 nitrogen and oxygen atoms in total. The van der Waals surface area contributed by atoms with Crippen LogP contribution in [0.1, 0.15) is 13.8 Å². The van der Waals surface area contributed by atoms with Crippen LogP contribution < -0.4 is 0 Å². The van der Waals surface area contributed by atoms with E-state index in [2.05, 4.69) is 29.8 Å². The van der Waals surface area contributed by atoms with Crippen molar-refractivity contribution in [1.29, 1.82) is 0 Å². The predicted octanol–water partition coefficient (Wildman–Crippen LogP) is 1.26. The Labute approximate surface area is 87.7 Å². The van der Waals surface area contributed by atoms with E-state index >= 15 is 0 Å². The van der Waals surface area contributed by atoms with Gasteiger partial charge in [0.15, 0.2) is 0 Å². The van der Waals surface area contributed by atoms with E-state index in [0.717, 1.165) is 13.1 Å². The summed E-state index contributed by atoms with van der Waals surface area (Å²) in [6.45, 7) is 5.90. The lowest BCUT2D eigenvalue weighted by molar-refractivity contribution is 0.366. The van der Waals surface area contributed by atoms with E-state index in [0.29, 0.717) is 17.3 Å². The minimum atomic E-state index is -3.00. The molecule has 0 spiro atoms. The maximum Gasteiger partial charge on any atom is 0.224 e. The average Bonchev–Trinajstić information content (AvgIpc) is 2.54. The number of sulfonamides is 1. The smallest absolute Gasteiger partial charge is 0.211 e. The monoisotopic (exact) mass is 267 g/mol. The topological polar surface area (TPSA) is 37.4 Å². The third kappa shape index (κ3) is 1.36. The molecule has 2 fully saturated rings. The molecule has 1 saturated carbocycles. The van der Waals surface area contributed by atoms with Crippen LogP contribution in [0.3, 0.4) is 0 Å². The van der Waals surface area contributed by atoms with Crippen molar-refractivity contribution in [2.45, 2.75) is 13.8 Å². The number of piperidine rings is 1. The molecule has 0 N–H and O–H groups in total. The summed E-state index contributed by atoms with van der Waals surface area (Å²) in [5.74, 6) is 1.20. The molecular formula is C8H14BrNO2S. The number of hydrogen-bond acceptors (Lipinski definition) is 2. The Bertz CT molecular complexity index is 311. The second-order valence-electron chi connectivity index (χ2n) is 4.57. The van der Waals surface area contributed by atoms with Gasteiger partial charge in [0.25, 0.3) is 0 Å². The highest BCUT2D eigenvalue weighted by Crippen LogP contribution is 2.62. The van der Waals surface area contributed by atoms with E-state index in [4.69, 9.17) is 0 Å². The molecule has 1 saturated heterocycles. The lowest BCUT2D eigenvalue weighted by atomic mass is 10.1. The molecule has 1 heterocycles. The van der Waals surface area contributed by atoms with Crippen molar-refractivity contribution in [3.05, 3.63) is 0 Å². The maximum absolute atomic E-state index is 11.5. The van der Waals surface area contributed by atoms with Crippen LogP contribution in [0.2, 0.25) is 0 Å². The number of nitrogens with zero attached hydrogens (tertiary/aromatic N) is 1. The van der Waals surface area contributed by atoms with Crippen molar-refractivity contribution in [3.8, 4) is 0 Å². The zero-order valence-electron chi connectivity index (χ0n) is 7.83. The van der Waals surface area contributed by atoms with Crippen molar-refractivity contribution in [2.75, 3.05) is 17.8 Å². The van der Waals surface area contributed by atoms with Crippen molar-refractivity contribution in [2.24, 2.45) is 17.3 Å². The third-order valence-electron chi connectivity index (χ3n) is 3.62. The molecule has 1 aliphatic carbocycles. The van der Waals surface area contributed by atoms with Crippen LogP contribution in [-0.2, 0) is 10.0 Å². The maximum atomic E-state index is 11.5. The third-order valence-corrected chi connectivity index (χ3v) is 6.72. The summed E-state index contributed by atoms with van der Waals surface area (Å²) >= 11 is 3.01. The minimum Gasteiger partial charge on any atom is -0.211 e. The Morgan fingerprint density at radius 2 is 1.85 bits per heavy atom. The average molecular weight is 268 g/mol. The summed E-state index contributed by atoms with van der Waals surface area (Å²) in [6, 6.07) is 0. The highest BCUT2D eigenvalue weighted by atomic mass is 79.9. The molecule has 0 radical (unpaired) electrons. The van der Waals surface area contributed by atoms with Gasteiger partial charge in [0.05, 0.1) is 0 Å². The van der Waals surface area contributed by atoms with Crippen molar-refractivity contribution >= 4 is 26.0 Å². The zero-order chi connectivity index (χ0) is 9.85. The SMILES string of the molecule is CC1(C)C2CN(S(=O)(=O)CBr)CC21. The van der Waals surface area contributed by atoms with Crippen LogP contribution in [0.4, 0.5) is 0 Å². The standard InChI is InChI=1S/C8H14BrNO2S/c1-8(2)6-3-10(4-7(6)8)13(11,12)5-9/h6-7H,3-5H2,1-2H3. The molecule has 0 amide bonds. The Balaban J connectivity index is 2.06. The molecular weight excluding hydrogens is 254 g/mol. The molecule has 2 atom stereocenters. The first kappa shape index (κ1) is 9.93. The van der Waals surface area contributed by atoms with Crippen molar-refractivity contribution in [3.63, 3.8) is 0 Å². The van der Waals surface area contributed by atoms with E-state index in [1.54, 1.807) is 4.31 Å². The Morgan fingerprint density at radius 1 is 1.38 bits per heavy atom. The molecule has 5 heteroatoms. The number of hydrogen-bond donors (Lipinski definition) is 0. The fraction of sp³-hybridized carbons (Fsp3) is 1.00. The van der Waals surface area contributed by atoms with Gasteiger partial charge in [-0.3, -0.25) is 0 Å². The minimum absolute atomic E-state index is 0.0554. The van der Waals surface area contributed by atoms with Gasteiger partial charge in [-0.1, -0.05) is 29.8 Å². The Morgan fingerprint density at radius 3 is 2.23 bits per heavy atom. The van der Waals surface area contributed by atoms with Gasteiger partial charge < -0.3 is 0 Å². The summed E-state index contributed by atoms with van der Waals surface area (Å²) in [4.78, 5) is 0. The lowest BCUT2D eigenvalue weighted by Gasteiger charge is -2.20. The Hall–Kier alpha value is 0.390. The molecule has 0 aromatic carbocycles. The van der Waals surface area contributed by atoms with Gasteiger partial charge in [0.1, 0.15) is 4.66 Å². The summed E-state index contributed by atoms with van der Waals surface area (Å²) < 4.78 is 24.6. The molecule has 0 aromatic rings. The molecule has 0 aromatic heterocycles. The predicted molar refractivity (Wildman–Crippen MR) is 55.0 cm³/mol. The van der Waals surface area contributed by atoms with E-state index < -0.39 is 10.0 Å². The fourth-order valence-electron chi connectivity index (χ4n) is 2.39. The summed E-state index contributed by atoms with van der Waals surface area (Å²) in [5.41, 5.74) is 0.387. The van der Waals surface area contributed by atoms with E-state index in [1.165, 1.54) is 0 Å². The molecule has 2 rings (SSSR count). The van der Waals surface area contributed by atoms with Gasteiger partial charge in [-0.15, -0.1) is 0 Å². The van der Waals surface area contributed by atoms with Crippen LogP contribution in [0.15, 0.2) is 0 Å². The number of fused-ring (bicyclic) bond motifs is 1. The molecule has 1 aliphatic heterocycles. The van der Waals surface area contributed by atoms with Crippen LogP contribution >= 0.6 is 15.9 Å². The zero-order valence-corrected chi connectivity index (χ0v) is 10.2. The second kappa shape index (κ2) is 2.70. The van der Waals surface area contributed by atoms with Crippen LogP contribution in [0.25, 0.3) is 0 Å². The van der Waals surface area contributed by atoms with Gasteiger partial charge in [-0.2, -0.15) is 0 Å². The van der Waals surface area contributed by atoms with E-state index in [9.17, 15) is 8.42 Å². The van der Waals surface area contributed by atoms with E-state index in [1.807, 2.05) is 0 Å². The van der Waals surface area contributed by atoms with Gasteiger partial charge in [-0.25, -0.2) is 12.7 Å². The second-order valence-corrected chi connectivity index (χ2v) is 7.84. The first-order valence-corrected chi connectivity index (χ1v) is 7.16. The van der Waals surface area contributed by atoms with Crippen LogP contribution in [0.5, 0.6) is 0 Å². The van der Waals surface area contributed by atoms with Gasteiger partial charge >= 0.3 is 0 Å². The molecule has 76 valence electrons.